The molecule has 1 aromatic heterocycles. The maximum atomic E-state index is 12.2. The average Bonchev–Trinajstić information content (AvgIpc) is 3.30. The Kier molecular flexibility index (Phi) is 4.03. The number of benzene rings is 1. The largest absolute Gasteiger partial charge is 0.352 e. The Morgan fingerprint density at radius 3 is 2.87 bits per heavy atom. The van der Waals surface area contributed by atoms with Crippen LogP contribution in [0, 0.1) is 11.8 Å². The van der Waals surface area contributed by atoms with E-state index < -0.39 is 0 Å². The Hall–Kier alpha value is -1.89. The highest BCUT2D eigenvalue weighted by atomic mass is 32.2. The van der Waals surface area contributed by atoms with E-state index in [0.29, 0.717) is 22.9 Å². The smallest absolute Gasteiger partial charge is 0.230 e. The normalized spacial score (nSPS) is 25.7. The molecular weight excluding hydrogens is 310 g/mol. The molecule has 7 heteroatoms. The van der Waals surface area contributed by atoms with E-state index in [2.05, 4.69) is 20.8 Å². The molecule has 1 N–H and O–H groups in total. The number of rotatable bonds is 5. The van der Waals surface area contributed by atoms with Gasteiger partial charge in [-0.1, -0.05) is 36.4 Å². The Balaban J connectivity index is 1.35. The van der Waals surface area contributed by atoms with Crippen LogP contribution in [0.2, 0.25) is 0 Å². The number of aromatic nitrogens is 4. The van der Waals surface area contributed by atoms with E-state index in [4.69, 9.17) is 0 Å². The average molecular weight is 329 g/mol. The van der Waals surface area contributed by atoms with Gasteiger partial charge in [0.25, 0.3) is 0 Å². The molecule has 2 aliphatic rings. The number of tetrazole rings is 1. The Labute approximate surface area is 139 Å². The fraction of sp³-hybridized carbons (Fsp3) is 0.500. The summed E-state index contributed by atoms with van der Waals surface area (Å²) in [6.45, 7) is 0. The van der Waals surface area contributed by atoms with E-state index in [1.54, 1.807) is 4.68 Å². The van der Waals surface area contributed by atoms with Gasteiger partial charge >= 0.3 is 0 Å². The topological polar surface area (TPSA) is 72.7 Å². The summed E-state index contributed by atoms with van der Waals surface area (Å²) in [6, 6.07) is 10.1. The number of hydrogen-bond donors (Lipinski definition) is 1. The van der Waals surface area contributed by atoms with Gasteiger partial charge in [0.15, 0.2) is 0 Å². The maximum Gasteiger partial charge on any atom is 0.230 e. The second kappa shape index (κ2) is 6.31. The fourth-order valence-electron chi connectivity index (χ4n) is 3.80. The molecule has 0 unspecified atom stereocenters. The second-order valence-corrected chi connectivity index (χ2v) is 7.29. The first-order valence-corrected chi connectivity index (χ1v) is 9.04. The lowest BCUT2D eigenvalue weighted by atomic mass is 9.95. The summed E-state index contributed by atoms with van der Waals surface area (Å²) in [4.78, 5) is 12.2. The molecule has 0 aliphatic heterocycles. The lowest BCUT2D eigenvalue weighted by Crippen LogP contribution is -2.39. The molecule has 0 radical (unpaired) electrons. The van der Waals surface area contributed by atoms with E-state index >= 15 is 0 Å². The number of carbonyl (C=O) groups excluding carboxylic acids is 1. The van der Waals surface area contributed by atoms with Crippen molar-refractivity contribution in [2.75, 3.05) is 5.75 Å². The highest BCUT2D eigenvalue weighted by Gasteiger charge is 2.40. The Bertz CT molecular complexity index is 689. The van der Waals surface area contributed by atoms with Crippen LogP contribution in [-0.2, 0) is 4.79 Å². The number of fused-ring (bicyclic) bond motifs is 2. The number of carbonyl (C=O) groups is 1. The summed E-state index contributed by atoms with van der Waals surface area (Å²) in [5.74, 6) is 1.96. The molecule has 1 heterocycles. The predicted molar refractivity (Wildman–Crippen MR) is 87.3 cm³/mol. The number of amides is 1. The van der Waals surface area contributed by atoms with Crippen LogP contribution >= 0.6 is 11.8 Å². The summed E-state index contributed by atoms with van der Waals surface area (Å²) in [5, 5.41) is 15.6. The van der Waals surface area contributed by atoms with Crippen LogP contribution in [0.4, 0.5) is 0 Å². The van der Waals surface area contributed by atoms with Crippen LogP contribution in [-0.4, -0.2) is 37.9 Å². The first-order valence-electron chi connectivity index (χ1n) is 8.05. The van der Waals surface area contributed by atoms with Crippen LogP contribution in [0.25, 0.3) is 5.69 Å². The Morgan fingerprint density at radius 1 is 1.26 bits per heavy atom. The van der Waals surface area contributed by atoms with Gasteiger partial charge in [-0.3, -0.25) is 4.79 Å². The summed E-state index contributed by atoms with van der Waals surface area (Å²) in [5.41, 5.74) is 0.897. The lowest BCUT2D eigenvalue weighted by Gasteiger charge is -2.22. The van der Waals surface area contributed by atoms with Crippen molar-refractivity contribution in [3.05, 3.63) is 30.3 Å². The van der Waals surface area contributed by atoms with Gasteiger partial charge in [0, 0.05) is 6.04 Å². The van der Waals surface area contributed by atoms with Crippen LogP contribution in [0.5, 0.6) is 0 Å². The monoisotopic (exact) mass is 329 g/mol. The molecule has 3 atom stereocenters. The van der Waals surface area contributed by atoms with E-state index in [0.717, 1.165) is 18.0 Å². The number of hydrogen-bond acceptors (Lipinski definition) is 5. The molecule has 2 saturated carbocycles. The predicted octanol–water partition coefficient (Wildman–Crippen LogP) is 2.06. The molecule has 120 valence electrons. The third-order valence-electron chi connectivity index (χ3n) is 4.86. The standard InChI is InChI=1S/C16H19N5OS/c22-15(17-14-9-11-6-7-12(14)8-11)10-23-16-18-19-20-21(16)13-4-2-1-3-5-13/h1-5,11-12,14H,6-10H2,(H,17,22)/t11-,12-,14+/m1/s1. The molecular formula is C16H19N5OS. The summed E-state index contributed by atoms with van der Waals surface area (Å²) in [7, 11) is 0. The van der Waals surface area contributed by atoms with Crippen molar-refractivity contribution in [3.8, 4) is 5.69 Å². The van der Waals surface area contributed by atoms with Crippen molar-refractivity contribution in [1.82, 2.24) is 25.5 Å². The van der Waals surface area contributed by atoms with Gasteiger partial charge in [-0.15, -0.1) is 5.10 Å². The van der Waals surface area contributed by atoms with E-state index in [1.165, 1.54) is 31.0 Å². The van der Waals surface area contributed by atoms with Gasteiger partial charge in [-0.2, -0.15) is 4.68 Å². The van der Waals surface area contributed by atoms with E-state index in [-0.39, 0.29) is 5.91 Å². The number of nitrogens with one attached hydrogen (secondary N) is 1. The summed E-state index contributed by atoms with van der Waals surface area (Å²) < 4.78 is 1.66. The first-order chi connectivity index (χ1) is 11.3. The quantitative estimate of drug-likeness (QED) is 0.850. The Morgan fingerprint density at radius 2 is 2.13 bits per heavy atom. The minimum absolute atomic E-state index is 0.0789. The molecule has 2 bridgehead atoms. The highest BCUT2D eigenvalue weighted by molar-refractivity contribution is 7.99. The number of nitrogens with zero attached hydrogens (tertiary/aromatic N) is 4. The van der Waals surface area contributed by atoms with Crippen molar-refractivity contribution in [1.29, 1.82) is 0 Å². The molecule has 1 amide bonds. The van der Waals surface area contributed by atoms with Crippen LogP contribution < -0.4 is 5.32 Å². The van der Waals surface area contributed by atoms with Gasteiger partial charge in [-0.05, 0) is 53.7 Å². The molecule has 2 aromatic rings. The molecule has 2 aliphatic carbocycles. The SMILES string of the molecule is O=C(CSc1nnnn1-c1ccccc1)N[C@H]1C[C@@H]2CC[C@@H]1C2. The van der Waals surface area contributed by atoms with Gasteiger partial charge in [-0.25, -0.2) is 0 Å². The molecule has 2 fully saturated rings. The zero-order valence-electron chi connectivity index (χ0n) is 12.8. The fourth-order valence-corrected chi connectivity index (χ4v) is 4.50. The molecule has 4 rings (SSSR count). The molecule has 0 spiro atoms. The van der Waals surface area contributed by atoms with Crippen molar-refractivity contribution >= 4 is 17.7 Å². The third-order valence-corrected chi connectivity index (χ3v) is 5.78. The first kappa shape index (κ1) is 14.7. The lowest BCUT2D eigenvalue weighted by molar-refractivity contribution is -0.119. The summed E-state index contributed by atoms with van der Waals surface area (Å²) >= 11 is 1.37. The highest BCUT2D eigenvalue weighted by Crippen LogP contribution is 2.44. The van der Waals surface area contributed by atoms with Crippen molar-refractivity contribution in [2.24, 2.45) is 11.8 Å². The minimum Gasteiger partial charge on any atom is -0.352 e. The van der Waals surface area contributed by atoms with Crippen LogP contribution in [0.15, 0.2) is 35.5 Å². The van der Waals surface area contributed by atoms with Crippen molar-refractivity contribution < 1.29 is 4.79 Å². The van der Waals surface area contributed by atoms with Gasteiger partial charge in [0.2, 0.25) is 11.1 Å². The van der Waals surface area contributed by atoms with Gasteiger partial charge in [0.05, 0.1) is 11.4 Å². The summed E-state index contributed by atoms with van der Waals surface area (Å²) in [6.07, 6.45) is 5.07. The number of para-hydroxylation sites is 1. The van der Waals surface area contributed by atoms with Crippen molar-refractivity contribution in [2.45, 2.75) is 36.9 Å². The second-order valence-electron chi connectivity index (χ2n) is 6.35. The van der Waals surface area contributed by atoms with E-state index in [9.17, 15) is 4.79 Å². The van der Waals surface area contributed by atoms with Gasteiger partial charge < -0.3 is 5.32 Å². The van der Waals surface area contributed by atoms with Crippen LogP contribution in [0.3, 0.4) is 0 Å². The van der Waals surface area contributed by atoms with Gasteiger partial charge in [0.1, 0.15) is 0 Å². The van der Waals surface area contributed by atoms with Crippen LogP contribution in [0.1, 0.15) is 25.7 Å². The zero-order valence-corrected chi connectivity index (χ0v) is 13.6. The minimum atomic E-state index is 0.0789. The molecule has 23 heavy (non-hydrogen) atoms. The maximum absolute atomic E-state index is 12.2. The molecule has 6 nitrogen and oxygen atoms in total. The molecule has 1 aromatic carbocycles. The van der Waals surface area contributed by atoms with Crippen molar-refractivity contribution in [3.63, 3.8) is 0 Å². The third kappa shape index (κ3) is 3.10. The van der Waals surface area contributed by atoms with E-state index in [1.807, 2.05) is 30.3 Å². The molecule has 0 saturated heterocycles. The number of thioether (sulfide) groups is 1. The zero-order chi connectivity index (χ0) is 15.6.